The van der Waals surface area contributed by atoms with E-state index in [0.717, 1.165) is 45.8 Å². The van der Waals surface area contributed by atoms with Crippen molar-refractivity contribution in [3.63, 3.8) is 0 Å². The molecule has 0 radical (unpaired) electrons. The number of nitrogens with one attached hydrogen (secondary N) is 1. The number of hydrogen-bond acceptors (Lipinski definition) is 4. The van der Waals surface area contributed by atoms with Crippen molar-refractivity contribution in [2.75, 3.05) is 39.4 Å². The number of hydrogen-bond donors (Lipinski definition) is 1. The Balaban J connectivity index is 1.71. The van der Waals surface area contributed by atoms with Gasteiger partial charge >= 0.3 is 0 Å². The van der Waals surface area contributed by atoms with Gasteiger partial charge in [-0.05, 0) is 5.92 Å². The first-order chi connectivity index (χ1) is 7.75. The second kappa shape index (κ2) is 5.96. The van der Waals surface area contributed by atoms with Gasteiger partial charge in [-0.1, -0.05) is 13.8 Å². The minimum absolute atomic E-state index is 0.0270. The van der Waals surface area contributed by atoms with Gasteiger partial charge in [0, 0.05) is 32.6 Å². The van der Waals surface area contributed by atoms with Gasteiger partial charge < -0.3 is 14.8 Å². The van der Waals surface area contributed by atoms with E-state index < -0.39 is 0 Å². The highest BCUT2D eigenvalue weighted by atomic mass is 16.7. The Bertz CT molecular complexity index is 197. The summed E-state index contributed by atoms with van der Waals surface area (Å²) in [6, 6.07) is 0.463. The Labute approximate surface area is 98.3 Å². The van der Waals surface area contributed by atoms with Crippen molar-refractivity contribution in [2.45, 2.75) is 32.6 Å². The van der Waals surface area contributed by atoms with Gasteiger partial charge in [0.1, 0.15) is 0 Å². The molecule has 2 aliphatic heterocycles. The van der Waals surface area contributed by atoms with E-state index in [4.69, 9.17) is 9.47 Å². The number of piperazine rings is 1. The summed E-state index contributed by atoms with van der Waals surface area (Å²) in [7, 11) is 0. The molecule has 2 heterocycles. The molecule has 1 N–H and O–H groups in total. The van der Waals surface area contributed by atoms with Crippen LogP contribution in [-0.4, -0.2) is 56.6 Å². The van der Waals surface area contributed by atoms with Crippen molar-refractivity contribution in [1.82, 2.24) is 10.2 Å². The molecule has 0 atom stereocenters. The molecule has 94 valence electrons. The molecule has 2 saturated heterocycles. The molecule has 0 bridgehead atoms. The fourth-order valence-electron chi connectivity index (χ4n) is 2.31. The van der Waals surface area contributed by atoms with Crippen molar-refractivity contribution in [3.8, 4) is 0 Å². The second-order valence-corrected chi connectivity index (χ2v) is 5.17. The summed E-state index contributed by atoms with van der Waals surface area (Å²) < 4.78 is 11.5. The van der Waals surface area contributed by atoms with Crippen LogP contribution >= 0.6 is 0 Å². The van der Waals surface area contributed by atoms with E-state index in [0.29, 0.717) is 12.0 Å². The van der Waals surface area contributed by atoms with Crippen molar-refractivity contribution >= 4 is 0 Å². The topological polar surface area (TPSA) is 33.7 Å². The van der Waals surface area contributed by atoms with Crippen molar-refractivity contribution in [1.29, 1.82) is 0 Å². The van der Waals surface area contributed by atoms with Gasteiger partial charge in [0.15, 0.2) is 6.29 Å². The highest BCUT2D eigenvalue weighted by Gasteiger charge is 2.27. The predicted molar refractivity (Wildman–Crippen MR) is 63.4 cm³/mol. The zero-order valence-corrected chi connectivity index (χ0v) is 10.4. The largest absolute Gasteiger partial charge is 0.351 e. The van der Waals surface area contributed by atoms with Gasteiger partial charge in [-0.2, -0.15) is 0 Å². The smallest absolute Gasteiger partial charge is 0.157 e. The van der Waals surface area contributed by atoms with Crippen molar-refractivity contribution in [2.24, 2.45) is 5.92 Å². The molecule has 0 aromatic heterocycles. The van der Waals surface area contributed by atoms with E-state index >= 15 is 0 Å². The third-order valence-electron chi connectivity index (χ3n) is 3.28. The minimum Gasteiger partial charge on any atom is -0.351 e. The first-order valence-corrected chi connectivity index (χ1v) is 6.43. The molecular formula is C12H24N2O2. The standard InChI is InChI=1S/C12H24N2O2/c1-10(2)7-12-15-8-11(9-16-12)14-5-3-13-4-6-14/h10-13H,3-9H2,1-2H3. The van der Waals surface area contributed by atoms with E-state index in [1.165, 1.54) is 0 Å². The third-order valence-corrected chi connectivity index (χ3v) is 3.28. The van der Waals surface area contributed by atoms with Crippen LogP contribution in [0.4, 0.5) is 0 Å². The molecule has 0 amide bonds. The first kappa shape index (κ1) is 12.3. The maximum Gasteiger partial charge on any atom is 0.157 e. The van der Waals surface area contributed by atoms with Gasteiger partial charge in [0.2, 0.25) is 0 Å². The van der Waals surface area contributed by atoms with Crippen LogP contribution in [0.1, 0.15) is 20.3 Å². The van der Waals surface area contributed by atoms with Crippen LogP contribution in [0.2, 0.25) is 0 Å². The second-order valence-electron chi connectivity index (χ2n) is 5.17. The lowest BCUT2D eigenvalue weighted by atomic mass is 10.1. The summed E-state index contributed by atoms with van der Waals surface area (Å²) in [5, 5.41) is 3.37. The molecule has 2 aliphatic rings. The Morgan fingerprint density at radius 1 is 1.19 bits per heavy atom. The Morgan fingerprint density at radius 2 is 1.81 bits per heavy atom. The molecule has 4 heteroatoms. The monoisotopic (exact) mass is 228 g/mol. The van der Waals surface area contributed by atoms with E-state index in [2.05, 4.69) is 24.1 Å². The molecular weight excluding hydrogens is 204 g/mol. The van der Waals surface area contributed by atoms with Gasteiger partial charge in [0.05, 0.1) is 19.3 Å². The van der Waals surface area contributed by atoms with E-state index in [1.54, 1.807) is 0 Å². The zero-order valence-electron chi connectivity index (χ0n) is 10.4. The Morgan fingerprint density at radius 3 is 2.38 bits per heavy atom. The third kappa shape index (κ3) is 3.42. The molecule has 16 heavy (non-hydrogen) atoms. The minimum atomic E-state index is 0.0270. The fraction of sp³-hybridized carbons (Fsp3) is 1.00. The zero-order chi connectivity index (χ0) is 11.4. The van der Waals surface area contributed by atoms with Crippen LogP contribution in [0.25, 0.3) is 0 Å². The summed E-state index contributed by atoms with van der Waals surface area (Å²) in [5.41, 5.74) is 0. The lowest BCUT2D eigenvalue weighted by molar-refractivity contribution is -0.211. The highest BCUT2D eigenvalue weighted by Crippen LogP contribution is 2.17. The number of ether oxygens (including phenoxy) is 2. The van der Waals surface area contributed by atoms with Crippen molar-refractivity contribution < 1.29 is 9.47 Å². The SMILES string of the molecule is CC(C)CC1OCC(N2CCNCC2)CO1. The molecule has 2 fully saturated rings. The molecule has 0 unspecified atom stereocenters. The van der Waals surface area contributed by atoms with Crippen LogP contribution in [-0.2, 0) is 9.47 Å². The van der Waals surface area contributed by atoms with Gasteiger partial charge in [-0.3, -0.25) is 4.90 Å². The van der Waals surface area contributed by atoms with Crippen LogP contribution in [0.3, 0.4) is 0 Å². The fourth-order valence-corrected chi connectivity index (χ4v) is 2.31. The summed E-state index contributed by atoms with van der Waals surface area (Å²) in [6.45, 7) is 10.5. The Hall–Kier alpha value is -0.160. The van der Waals surface area contributed by atoms with Crippen LogP contribution in [0, 0.1) is 5.92 Å². The normalized spacial score (nSPS) is 33.2. The average Bonchev–Trinajstić information content (AvgIpc) is 2.30. The molecule has 0 saturated carbocycles. The average molecular weight is 228 g/mol. The van der Waals surface area contributed by atoms with Crippen molar-refractivity contribution in [3.05, 3.63) is 0 Å². The van der Waals surface area contributed by atoms with Gasteiger partial charge in [-0.15, -0.1) is 0 Å². The Kier molecular flexibility index (Phi) is 4.58. The van der Waals surface area contributed by atoms with Crippen LogP contribution in [0.5, 0.6) is 0 Å². The van der Waals surface area contributed by atoms with E-state index in [9.17, 15) is 0 Å². The summed E-state index contributed by atoms with van der Waals surface area (Å²) in [4.78, 5) is 2.47. The number of rotatable bonds is 3. The van der Waals surface area contributed by atoms with Crippen LogP contribution in [0.15, 0.2) is 0 Å². The molecule has 4 nitrogen and oxygen atoms in total. The lowest BCUT2D eigenvalue weighted by Gasteiger charge is -2.39. The predicted octanol–water partition coefficient (Wildman–Crippen LogP) is 0.679. The quantitative estimate of drug-likeness (QED) is 0.770. The molecule has 2 rings (SSSR count). The summed E-state index contributed by atoms with van der Waals surface area (Å²) in [6.07, 6.45) is 1.04. The van der Waals surface area contributed by atoms with Gasteiger partial charge in [-0.25, -0.2) is 0 Å². The maximum atomic E-state index is 5.77. The number of nitrogens with zero attached hydrogens (tertiary/aromatic N) is 1. The summed E-state index contributed by atoms with van der Waals surface area (Å²) in [5.74, 6) is 0.640. The van der Waals surface area contributed by atoms with Crippen LogP contribution < -0.4 is 5.32 Å². The van der Waals surface area contributed by atoms with E-state index in [-0.39, 0.29) is 6.29 Å². The molecule has 0 aliphatic carbocycles. The molecule has 0 aromatic rings. The first-order valence-electron chi connectivity index (χ1n) is 6.43. The lowest BCUT2D eigenvalue weighted by Crippen LogP contribution is -2.54. The molecule has 0 spiro atoms. The molecule has 0 aromatic carbocycles. The highest BCUT2D eigenvalue weighted by molar-refractivity contribution is 4.78. The van der Waals surface area contributed by atoms with E-state index in [1.807, 2.05) is 0 Å². The maximum absolute atomic E-state index is 5.77. The summed E-state index contributed by atoms with van der Waals surface area (Å²) >= 11 is 0. The van der Waals surface area contributed by atoms with Gasteiger partial charge in [0.25, 0.3) is 0 Å².